The monoisotopic (exact) mass is 282 g/mol. The molecule has 0 atom stereocenters. The van der Waals surface area contributed by atoms with Gasteiger partial charge in [-0.05, 0) is 23.6 Å². The second kappa shape index (κ2) is 4.98. The summed E-state index contributed by atoms with van der Waals surface area (Å²) in [6, 6.07) is 10.2. The molecule has 0 fully saturated rings. The minimum Gasteiger partial charge on any atom is -0.508 e. The van der Waals surface area contributed by atoms with E-state index in [9.17, 15) is 15.0 Å². The number of hydrogen-bond acceptors (Lipinski definition) is 4. The molecule has 0 aromatic heterocycles. The molecule has 0 radical (unpaired) electrons. The average Bonchev–Trinajstić information content (AvgIpc) is 2.76. The van der Waals surface area contributed by atoms with Gasteiger partial charge in [0.2, 0.25) is 5.78 Å². The van der Waals surface area contributed by atoms with Gasteiger partial charge in [0.1, 0.15) is 22.8 Å². The highest BCUT2D eigenvalue weighted by Gasteiger charge is 2.31. The molecule has 1 aliphatic heterocycles. The van der Waals surface area contributed by atoms with Gasteiger partial charge >= 0.3 is 0 Å². The van der Waals surface area contributed by atoms with Crippen LogP contribution in [0.15, 0.2) is 42.2 Å². The minimum atomic E-state index is -0.387. The predicted octanol–water partition coefficient (Wildman–Crippen LogP) is 3.28. The number of carbonyl (C=O) groups is 1. The van der Waals surface area contributed by atoms with Crippen LogP contribution in [0.5, 0.6) is 17.2 Å². The molecule has 3 rings (SSSR count). The van der Waals surface area contributed by atoms with Crippen molar-refractivity contribution in [1.29, 1.82) is 0 Å². The number of rotatable bonds is 2. The van der Waals surface area contributed by atoms with E-state index in [2.05, 4.69) is 6.92 Å². The van der Waals surface area contributed by atoms with Crippen LogP contribution in [-0.4, -0.2) is 16.0 Å². The summed E-state index contributed by atoms with van der Waals surface area (Å²) in [5.74, 6) is -0.501. The van der Waals surface area contributed by atoms with Gasteiger partial charge in [0, 0.05) is 12.1 Å². The normalized spacial score (nSPS) is 15.1. The maximum atomic E-state index is 12.2. The van der Waals surface area contributed by atoms with E-state index in [1.54, 1.807) is 6.08 Å². The molecule has 4 heteroatoms. The van der Waals surface area contributed by atoms with E-state index >= 15 is 0 Å². The first-order valence-electron chi connectivity index (χ1n) is 6.67. The van der Waals surface area contributed by atoms with Gasteiger partial charge in [-0.2, -0.15) is 0 Å². The van der Waals surface area contributed by atoms with Crippen LogP contribution in [0.25, 0.3) is 6.08 Å². The van der Waals surface area contributed by atoms with Gasteiger partial charge in [0.15, 0.2) is 5.76 Å². The number of benzene rings is 2. The molecule has 0 bridgehead atoms. The average molecular weight is 282 g/mol. The first-order chi connectivity index (χ1) is 10.1. The molecular weight excluding hydrogens is 268 g/mol. The quantitative estimate of drug-likeness (QED) is 0.829. The van der Waals surface area contributed by atoms with Crippen molar-refractivity contribution in [3.8, 4) is 17.2 Å². The minimum absolute atomic E-state index is 0.0872. The number of Topliss-reactive ketones (excluding diaryl/α,β-unsaturated/α-hetero) is 1. The molecule has 2 aromatic rings. The van der Waals surface area contributed by atoms with E-state index in [1.807, 2.05) is 24.3 Å². The topological polar surface area (TPSA) is 66.8 Å². The lowest BCUT2D eigenvalue weighted by Gasteiger charge is -2.00. The number of ketones is 1. The fraction of sp³-hybridized carbons (Fsp3) is 0.118. The number of phenolic OH excluding ortho intramolecular Hbond substituents is 2. The maximum absolute atomic E-state index is 12.2. The van der Waals surface area contributed by atoms with Crippen molar-refractivity contribution >= 4 is 11.9 Å². The predicted molar refractivity (Wildman–Crippen MR) is 78.5 cm³/mol. The van der Waals surface area contributed by atoms with Gasteiger partial charge in [-0.15, -0.1) is 0 Å². The highest BCUT2D eigenvalue weighted by Crippen LogP contribution is 2.40. The third-order valence-electron chi connectivity index (χ3n) is 3.42. The van der Waals surface area contributed by atoms with Crippen molar-refractivity contribution < 1.29 is 19.7 Å². The summed E-state index contributed by atoms with van der Waals surface area (Å²) >= 11 is 0. The van der Waals surface area contributed by atoms with E-state index in [4.69, 9.17) is 4.74 Å². The Morgan fingerprint density at radius 1 is 1.14 bits per heavy atom. The Morgan fingerprint density at radius 2 is 1.86 bits per heavy atom. The Bertz CT molecular complexity index is 742. The van der Waals surface area contributed by atoms with Crippen molar-refractivity contribution in [3.05, 3.63) is 58.8 Å². The zero-order chi connectivity index (χ0) is 15.0. The second-order valence-corrected chi connectivity index (χ2v) is 4.87. The van der Waals surface area contributed by atoms with Gasteiger partial charge < -0.3 is 14.9 Å². The summed E-state index contributed by atoms with van der Waals surface area (Å²) in [6.45, 7) is 2.07. The lowest BCUT2D eigenvalue weighted by Crippen LogP contribution is -1.98. The summed E-state index contributed by atoms with van der Waals surface area (Å²) in [5.41, 5.74) is 2.14. The highest BCUT2D eigenvalue weighted by atomic mass is 16.5. The molecule has 0 aliphatic carbocycles. The molecule has 2 N–H and O–H groups in total. The van der Waals surface area contributed by atoms with Gasteiger partial charge in [-0.25, -0.2) is 0 Å². The van der Waals surface area contributed by atoms with Crippen molar-refractivity contribution in [3.63, 3.8) is 0 Å². The zero-order valence-corrected chi connectivity index (χ0v) is 11.5. The molecule has 0 saturated heterocycles. The Hall–Kier alpha value is -2.75. The molecule has 4 nitrogen and oxygen atoms in total. The van der Waals surface area contributed by atoms with Crippen LogP contribution in [-0.2, 0) is 6.42 Å². The number of fused-ring (bicyclic) bond motifs is 1. The van der Waals surface area contributed by atoms with Crippen LogP contribution in [0, 0.1) is 0 Å². The first-order valence-corrected chi connectivity index (χ1v) is 6.67. The van der Waals surface area contributed by atoms with E-state index < -0.39 is 0 Å². The third-order valence-corrected chi connectivity index (χ3v) is 3.42. The fourth-order valence-corrected chi connectivity index (χ4v) is 2.28. The molecule has 2 aromatic carbocycles. The number of hydrogen-bond donors (Lipinski definition) is 2. The van der Waals surface area contributed by atoms with Gasteiger partial charge in [-0.3, -0.25) is 4.79 Å². The number of carbonyl (C=O) groups excluding carboxylic acids is 1. The van der Waals surface area contributed by atoms with E-state index in [0.717, 1.165) is 18.1 Å². The molecule has 1 heterocycles. The number of allylic oxidation sites excluding steroid dienone is 1. The number of aromatic hydroxyl groups is 2. The fourth-order valence-electron chi connectivity index (χ4n) is 2.28. The number of aryl methyl sites for hydroxylation is 1. The van der Waals surface area contributed by atoms with Crippen molar-refractivity contribution in [2.45, 2.75) is 13.3 Å². The lowest BCUT2D eigenvalue weighted by molar-refractivity contribution is 0.101. The summed E-state index contributed by atoms with van der Waals surface area (Å²) in [4.78, 5) is 12.2. The Kier molecular flexibility index (Phi) is 3.14. The lowest BCUT2D eigenvalue weighted by atomic mass is 10.1. The molecule has 21 heavy (non-hydrogen) atoms. The van der Waals surface area contributed by atoms with Crippen LogP contribution in [0.2, 0.25) is 0 Å². The maximum Gasteiger partial charge on any atom is 0.235 e. The summed E-state index contributed by atoms with van der Waals surface area (Å²) in [6.07, 6.45) is 2.57. The molecule has 106 valence electrons. The third kappa shape index (κ3) is 2.36. The van der Waals surface area contributed by atoms with Crippen molar-refractivity contribution in [2.24, 2.45) is 0 Å². The van der Waals surface area contributed by atoms with Crippen LogP contribution in [0.4, 0.5) is 0 Å². The molecule has 1 aliphatic rings. The molecule has 0 spiro atoms. The molecule has 0 unspecified atom stereocenters. The van der Waals surface area contributed by atoms with E-state index in [1.165, 1.54) is 11.6 Å². The molecule has 0 amide bonds. The second-order valence-electron chi connectivity index (χ2n) is 4.87. The van der Waals surface area contributed by atoms with Gasteiger partial charge in [-0.1, -0.05) is 31.2 Å². The number of ether oxygens (including phenoxy) is 1. The van der Waals surface area contributed by atoms with Crippen LogP contribution < -0.4 is 4.74 Å². The van der Waals surface area contributed by atoms with E-state index in [0.29, 0.717) is 0 Å². The van der Waals surface area contributed by atoms with Gasteiger partial charge in [0.05, 0.1) is 0 Å². The number of phenols is 2. The van der Waals surface area contributed by atoms with Crippen molar-refractivity contribution in [1.82, 2.24) is 0 Å². The SMILES string of the molecule is CCc1ccc(/C=C2\Oc3cc(O)cc(O)c3C2=O)cc1. The standard InChI is InChI=1S/C17H14O4/c1-2-10-3-5-11(6-4-10)7-15-17(20)16-13(19)8-12(18)9-14(16)21-15/h3-9,18-19H,2H2,1H3/b15-7-. The summed E-state index contributed by atoms with van der Waals surface area (Å²) in [7, 11) is 0. The largest absolute Gasteiger partial charge is 0.508 e. The Morgan fingerprint density at radius 3 is 2.52 bits per heavy atom. The van der Waals surface area contributed by atoms with Crippen LogP contribution in [0.1, 0.15) is 28.4 Å². The first kappa shape index (κ1) is 13.2. The molecule has 0 saturated carbocycles. The zero-order valence-electron chi connectivity index (χ0n) is 11.5. The molecular formula is C17H14O4. The van der Waals surface area contributed by atoms with Gasteiger partial charge in [0.25, 0.3) is 0 Å². The Labute approximate surface area is 121 Å². The van der Waals surface area contributed by atoms with E-state index in [-0.39, 0.29) is 34.4 Å². The Balaban J connectivity index is 1.96. The van der Waals surface area contributed by atoms with Crippen molar-refractivity contribution in [2.75, 3.05) is 0 Å². The smallest absolute Gasteiger partial charge is 0.235 e. The highest BCUT2D eigenvalue weighted by molar-refractivity contribution is 6.16. The van der Waals surface area contributed by atoms with Crippen LogP contribution in [0.3, 0.4) is 0 Å². The summed E-state index contributed by atoms with van der Waals surface area (Å²) in [5, 5.41) is 19.2. The summed E-state index contributed by atoms with van der Waals surface area (Å²) < 4.78 is 5.43. The van der Waals surface area contributed by atoms with Crippen LogP contribution >= 0.6 is 0 Å².